The maximum absolute atomic E-state index is 12.4. The standard InChI is InChI=1S/C19H21NO3S/c1-3-12-5-7-13(8-6-12)15-11-24-18(16(15)19(22)23-4-2)20-17(21)14-9-10-14/h5-8,11,14H,3-4,9-10H2,1-2H3,(H,20,21). The van der Waals surface area contributed by atoms with Crippen molar-refractivity contribution in [3.63, 3.8) is 0 Å². The summed E-state index contributed by atoms with van der Waals surface area (Å²) in [6.45, 7) is 4.19. The number of hydrogen-bond acceptors (Lipinski definition) is 4. The fourth-order valence-electron chi connectivity index (χ4n) is 2.55. The lowest BCUT2D eigenvalue weighted by Gasteiger charge is -2.09. The average Bonchev–Trinajstić information content (AvgIpc) is 3.36. The van der Waals surface area contributed by atoms with Gasteiger partial charge in [-0.3, -0.25) is 4.79 Å². The van der Waals surface area contributed by atoms with Gasteiger partial charge < -0.3 is 10.1 Å². The quantitative estimate of drug-likeness (QED) is 0.786. The molecule has 24 heavy (non-hydrogen) atoms. The monoisotopic (exact) mass is 343 g/mol. The van der Waals surface area contributed by atoms with Gasteiger partial charge in [0.25, 0.3) is 0 Å². The van der Waals surface area contributed by atoms with E-state index >= 15 is 0 Å². The van der Waals surface area contributed by atoms with Gasteiger partial charge in [0.05, 0.1) is 6.61 Å². The van der Waals surface area contributed by atoms with Crippen LogP contribution in [0.25, 0.3) is 11.1 Å². The van der Waals surface area contributed by atoms with Gasteiger partial charge in [-0.05, 0) is 37.3 Å². The minimum absolute atomic E-state index is 0.00437. The molecule has 0 unspecified atom stereocenters. The van der Waals surface area contributed by atoms with Crippen LogP contribution in [0.2, 0.25) is 0 Å². The summed E-state index contributed by atoms with van der Waals surface area (Å²) in [5, 5.41) is 5.40. The number of esters is 1. The van der Waals surface area contributed by atoms with Crippen molar-refractivity contribution in [2.24, 2.45) is 5.92 Å². The zero-order valence-electron chi connectivity index (χ0n) is 13.9. The Morgan fingerprint density at radius 3 is 2.50 bits per heavy atom. The van der Waals surface area contributed by atoms with Crippen LogP contribution in [0.15, 0.2) is 29.6 Å². The van der Waals surface area contributed by atoms with Crippen molar-refractivity contribution in [3.8, 4) is 11.1 Å². The van der Waals surface area contributed by atoms with E-state index in [9.17, 15) is 9.59 Å². The summed E-state index contributed by atoms with van der Waals surface area (Å²) in [5.41, 5.74) is 3.47. The molecule has 0 aliphatic heterocycles. The molecular formula is C19H21NO3S. The highest BCUT2D eigenvalue weighted by atomic mass is 32.1. The van der Waals surface area contributed by atoms with Gasteiger partial charge in [-0.15, -0.1) is 11.3 Å². The molecule has 1 fully saturated rings. The third-order valence-electron chi connectivity index (χ3n) is 4.13. The van der Waals surface area contributed by atoms with Crippen LogP contribution in [-0.2, 0) is 16.0 Å². The van der Waals surface area contributed by atoms with Gasteiger partial charge in [-0.25, -0.2) is 4.79 Å². The zero-order valence-corrected chi connectivity index (χ0v) is 14.7. The Balaban J connectivity index is 1.96. The molecule has 3 rings (SSSR count). The molecule has 126 valence electrons. The first-order valence-corrected chi connectivity index (χ1v) is 9.20. The number of nitrogens with one attached hydrogen (secondary N) is 1. The second-order valence-electron chi connectivity index (χ2n) is 5.89. The highest BCUT2D eigenvalue weighted by Crippen LogP contribution is 2.38. The number of ether oxygens (including phenoxy) is 1. The summed E-state index contributed by atoms with van der Waals surface area (Å²) >= 11 is 1.38. The van der Waals surface area contributed by atoms with Crippen LogP contribution in [0.4, 0.5) is 5.00 Å². The molecule has 1 saturated carbocycles. The van der Waals surface area contributed by atoms with E-state index in [1.54, 1.807) is 6.92 Å². The number of rotatable bonds is 6. The Hall–Kier alpha value is -2.14. The fraction of sp³-hybridized carbons (Fsp3) is 0.368. The lowest BCUT2D eigenvalue weighted by atomic mass is 10.0. The van der Waals surface area contributed by atoms with E-state index in [1.807, 2.05) is 17.5 Å². The molecule has 5 heteroatoms. The zero-order chi connectivity index (χ0) is 17.1. The van der Waals surface area contributed by atoms with E-state index in [0.29, 0.717) is 17.2 Å². The molecule has 0 saturated heterocycles. The summed E-state index contributed by atoms with van der Waals surface area (Å²) in [6, 6.07) is 8.14. The third-order valence-corrected chi connectivity index (χ3v) is 5.02. The first kappa shape index (κ1) is 16.7. The number of benzene rings is 1. The summed E-state index contributed by atoms with van der Waals surface area (Å²) in [7, 11) is 0. The van der Waals surface area contributed by atoms with Crippen LogP contribution in [0, 0.1) is 5.92 Å². The molecule has 0 atom stereocenters. The molecule has 1 aromatic heterocycles. The number of carbonyl (C=O) groups excluding carboxylic acids is 2. The number of thiophene rings is 1. The Bertz CT molecular complexity index is 744. The topological polar surface area (TPSA) is 55.4 Å². The molecule has 1 aromatic carbocycles. The van der Waals surface area contributed by atoms with Crippen LogP contribution >= 0.6 is 11.3 Å². The summed E-state index contributed by atoms with van der Waals surface area (Å²) in [5.74, 6) is -0.302. The second-order valence-corrected chi connectivity index (χ2v) is 6.77. The minimum atomic E-state index is -0.389. The first-order valence-electron chi connectivity index (χ1n) is 8.32. The molecule has 2 aromatic rings. The van der Waals surface area contributed by atoms with Crippen molar-refractivity contribution in [3.05, 3.63) is 40.8 Å². The highest BCUT2D eigenvalue weighted by Gasteiger charge is 2.31. The van der Waals surface area contributed by atoms with Crippen molar-refractivity contribution in [1.29, 1.82) is 0 Å². The van der Waals surface area contributed by atoms with Crippen molar-refractivity contribution < 1.29 is 14.3 Å². The van der Waals surface area contributed by atoms with Crippen LogP contribution < -0.4 is 5.32 Å². The summed E-state index contributed by atoms with van der Waals surface area (Å²) < 4.78 is 5.21. The lowest BCUT2D eigenvalue weighted by Crippen LogP contribution is -2.15. The van der Waals surface area contributed by atoms with Crippen molar-refractivity contribution in [2.45, 2.75) is 33.1 Å². The predicted molar refractivity (Wildman–Crippen MR) is 96.4 cm³/mol. The van der Waals surface area contributed by atoms with Gasteiger partial charge >= 0.3 is 5.97 Å². The van der Waals surface area contributed by atoms with Gasteiger partial charge in [0.15, 0.2) is 0 Å². The third kappa shape index (κ3) is 3.51. The number of hydrogen-bond donors (Lipinski definition) is 1. The van der Waals surface area contributed by atoms with Gasteiger partial charge in [0.2, 0.25) is 5.91 Å². The van der Waals surface area contributed by atoms with E-state index in [2.05, 4.69) is 24.4 Å². The van der Waals surface area contributed by atoms with E-state index in [4.69, 9.17) is 4.74 Å². The Kier molecular flexibility index (Phi) is 5.00. The molecule has 0 bridgehead atoms. The van der Waals surface area contributed by atoms with Gasteiger partial charge in [0, 0.05) is 16.9 Å². The number of carbonyl (C=O) groups is 2. The molecule has 1 aliphatic rings. The number of anilines is 1. The molecule has 1 amide bonds. The van der Waals surface area contributed by atoms with Crippen LogP contribution in [0.1, 0.15) is 42.6 Å². The van der Waals surface area contributed by atoms with Gasteiger partial charge in [-0.2, -0.15) is 0 Å². The molecule has 0 radical (unpaired) electrons. The Labute approximate surface area is 145 Å². The minimum Gasteiger partial charge on any atom is -0.462 e. The second kappa shape index (κ2) is 7.18. The van der Waals surface area contributed by atoms with Gasteiger partial charge in [-0.1, -0.05) is 31.2 Å². The maximum Gasteiger partial charge on any atom is 0.341 e. The first-order chi connectivity index (χ1) is 11.6. The molecule has 0 spiro atoms. The Morgan fingerprint density at radius 1 is 1.21 bits per heavy atom. The normalized spacial score (nSPS) is 13.6. The van der Waals surface area contributed by atoms with Gasteiger partial charge in [0.1, 0.15) is 10.6 Å². The van der Waals surface area contributed by atoms with Crippen LogP contribution in [0.3, 0.4) is 0 Å². The van der Waals surface area contributed by atoms with Crippen LogP contribution in [0.5, 0.6) is 0 Å². The maximum atomic E-state index is 12.4. The number of amides is 1. The molecule has 1 N–H and O–H groups in total. The fourth-order valence-corrected chi connectivity index (χ4v) is 3.51. The molecule has 1 aliphatic carbocycles. The van der Waals surface area contributed by atoms with E-state index in [0.717, 1.165) is 30.4 Å². The largest absolute Gasteiger partial charge is 0.462 e. The molecule has 4 nitrogen and oxygen atoms in total. The van der Waals surface area contributed by atoms with E-state index in [1.165, 1.54) is 16.9 Å². The van der Waals surface area contributed by atoms with Crippen molar-refractivity contribution in [2.75, 3.05) is 11.9 Å². The van der Waals surface area contributed by atoms with E-state index < -0.39 is 0 Å². The van der Waals surface area contributed by atoms with E-state index in [-0.39, 0.29) is 17.8 Å². The highest BCUT2D eigenvalue weighted by molar-refractivity contribution is 7.15. The summed E-state index contributed by atoms with van der Waals surface area (Å²) in [4.78, 5) is 24.5. The van der Waals surface area contributed by atoms with Crippen molar-refractivity contribution >= 4 is 28.2 Å². The SMILES string of the molecule is CCOC(=O)c1c(-c2ccc(CC)cc2)csc1NC(=O)C1CC1. The smallest absolute Gasteiger partial charge is 0.341 e. The average molecular weight is 343 g/mol. The number of aryl methyl sites for hydroxylation is 1. The molecular weight excluding hydrogens is 322 g/mol. The lowest BCUT2D eigenvalue weighted by molar-refractivity contribution is -0.117. The Morgan fingerprint density at radius 2 is 1.92 bits per heavy atom. The summed E-state index contributed by atoms with van der Waals surface area (Å²) in [6.07, 6.45) is 2.83. The molecule has 1 heterocycles. The van der Waals surface area contributed by atoms with Crippen LogP contribution in [-0.4, -0.2) is 18.5 Å². The van der Waals surface area contributed by atoms with Crippen molar-refractivity contribution in [1.82, 2.24) is 0 Å². The predicted octanol–water partition coefficient (Wildman–Crippen LogP) is 4.50.